The third kappa shape index (κ3) is 5.19. The van der Waals surface area contributed by atoms with Gasteiger partial charge >= 0.3 is 11.2 Å². The summed E-state index contributed by atoms with van der Waals surface area (Å²) in [5.41, 5.74) is 0. The first-order chi connectivity index (χ1) is 17.0. The fourth-order valence-corrected chi connectivity index (χ4v) is 7.85. The summed E-state index contributed by atoms with van der Waals surface area (Å²) in [6.45, 7) is 0. The predicted octanol–water partition coefficient (Wildman–Crippen LogP) is 6.98. The molecule has 0 radical (unpaired) electrons. The lowest BCUT2D eigenvalue weighted by atomic mass is 9.90. The van der Waals surface area contributed by atoms with Gasteiger partial charge in [0.25, 0.3) is 0 Å². The van der Waals surface area contributed by atoms with E-state index in [-0.39, 0.29) is 10.9 Å². The summed E-state index contributed by atoms with van der Waals surface area (Å²) in [6.07, 6.45) is 1.61. The van der Waals surface area contributed by atoms with E-state index in [1.807, 2.05) is 0 Å². The summed E-state index contributed by atoms with van der Waals surface area (Å²) in [7, 11) is -6.36. The van der Waals surface area contributed by atoms with Crippen LogP contribution in [0.25, 0.3) is 0 Å². The van der Waals surface area contributed by atoms with Gasteiger partial charge in [0, 0.05) is 5.92 Å². The molecule has 9 heteroatoms. The zero-order valence-electron chi connectivity index (χ0n) is 19.3. The first kappa shape index (κ1) is 26.7. The van der Waals surface area contributed by atoms with Crippen molar-refractivity contribution in [2.75, 3.05) is 0 Å². The Morgan fingerprint density at radius 2 is 0.944 bits per heavy atom. The molecule has 0 aliphatic heterocycles. The van der Waals surface area contributed by atoms with Crippen molar-refractivity contribution in [3.63, 3.8) is 0 Å². The monoisotopic (exact) mass is 538 g/mol. The highest BCUT2D eigenvalue weighted by Crippen LogP contribution is 2.59. The molecule has 2 fully saturated rings. The van der Waals surface area contributed by atoms with Gasteiger partial charge < -0.3 is 4.55 Å². The summed E-state index contributed by atoms with van der Waals surface area (Å²) in [5, 5.41) is -5.52. The Labute approximate surface area is 211 Å². The summed E-state index contributed by atoms with van der Waals surface area (Å²) in [5.74, 6) is -7.64. The number of rotatable bonds is 6. The van der Waals surface area contributed by atoms with Crippen molar-refractivity contribution in [3.8, 4) is 0 Å². The summed E-state index contributed by atoms with van der Waals surface area (Å²) in [4.78, 5) is 4.08. The summed E-state index contributed by atoms with van der Waals surface area (Å²) >= 11 is 0. The van der Waals surface area contributed by atoms with Crippen LogP contribution in [0.2, 0.25) is 0 Å². The van der Waals surface area contributed by atoms with E-state index >= 15 is 0 Å². The molecule has 0 saturated heterocycles. The average molecular weight is 539 g/mol. The van der Waals surface area contributed by atoms with Crippen LogP contribution < -0.4 is 0 Å². The van der Waals surface area contributed by atoms with Gasteiger partial charge in [0.1, 0.15) is 0 Å². The molecule has 2 aliphatic carbocycles. The van der Waals surface area contributed by atoms with Gasteiger partial charge in [-0.15, -0.1) is 0 Å². The molecule has 0 heterocycles. The van der Waals surface area contributed by atoms with E-state index in [0.717, 1.165) is 0 Å². The van der Waals surface area contributed by atoms with Gasteiger partial charge in [-0.1, -0.05) is 54.6 Å². The summed E-state index contributed by atoms with van der Waals surface area (Å²) < 4.78 is 84.3. The largest absolute Gasteiger partial charge is 0.743 e. The van der Waals surface area contributed by atoms with Crippen LogP contribution in [-0.4, -0.2) is 24.1 Å². The number of fused-ring (bicyclic) bond motifs is 2. The Morgan fingerprint density at radius 3 is 1.22 bits per heavy atom. The van der Waals surface area contributed by atoms with E-state index in [9.17, 15) is 30.5 Å². The Morgan fingerprint density at radius 1 is 0.639 bits per heavy atom. The van der Waals surface area contributed by atoms with E-state index in [0.29, 0.717) is 25.7 Å². The molecule has 3 nitrogen and oxygen atoms in total. The van der Waals surface area contributed by atoms with E-state index in [1.54, 1.807) is 0 Å². The first-order valence-electron chi connectivity index (χ1n) is 11.6. The predicted molar refractivity (Wildman–Crippen MR) is 130 cm³/mol. The zero-order chi connectivity index (χ0) is 26.0. The van der Waals surface area contributed by atoms with E-state index in [2.05, 4.69) is 91.0 Å². The lowest BCUT2D eigenvalue weighted by molar-refractivity contribution is -0.202. The first-order valence-corrected chi connectivity index (χ1v) is 14.3. The van der Waals surface area contributed by atoms with E-state index < -0.39 is 39.0 Å². The topological polar surface area (TPSA) is 57.2 Å². The van der Waals surface area contributed by atoms with Crippen molar-refractivity contribution in [2.24, 2.45) is 17.8 Å². The highest BCUT2D eigenvalue weighted by atomic mass is 32.2. The number of hydrogen-bond acceptors (Lipinski definition) is 3. The molecule has 3 aromatic rings. The Bertz CT molecular complexity index is 1130. The molecule has 36 heavy (non-hydrogen) atoms. The Kier molecular flexibility index (Phi) is 7.83. The molecule has 0 atom stereocenters. The minimum absolute atomic E-state index is 0.0146. The second-order valence-electron chi connectivity index (χ2n) is 9.04. The van der Waals surface area contributed by atoms with Crippen molar-refractivity contribution in [1.82, 2.24) is 0 Å². The van der Waals surface area contributed by atoms with Crippen LogP contribution in [0.5, 0.6) is 0 Å². The quantitative estimate of drug-likeness (QED) is 0.193. The van der Waals surface area contributed by atoms with Crippen molar-refractivity contribution in [3.05, 3.63) is 91.0 Å². The maximum absolute atomic E-state index is 13.6. The van der Waals surface area contributed by atoms with Gasteiger partial charge in [-0.3, -0.25) is 0 Å². The van der Waals surface area contributed by atoms with Gasteiger partial charge in [-0.25, -0.2) is 8.42 Å². The zero-order valence-corrected chi connectivity index (χ0v) is 20.9. The highest BCUT2D eigenvalue weighted by Gasteiger charge is 2.70. The summed E-state index contributed by atoms with van der Waals surface area (Å²) in [6, 6.07) is 32.2. The lowest BCUT2D eigenvalue weighted by Crippen LogP contribution is -2.52. The van der Waals surface area contributed by atoms with Crippen molar-refractivity contribution in [1.29, 1.82) is 0 Å². The molecule has 0 N–H and O–H groups in total. The number of halogens is 4. The smallest absolute Gasteiger partial charge is 0.396 e. The molecular weight excluding hydrogens is 512 g/mol. The number of hydrogen-bond donors (Lipinski definition) is 0. The minimum atomic E-state index is -6.35. The Balaban J connectivity index is 0.000000170. The van der Waals surface area contributed by atoms with Gasteiger partial charge in [0.15, 0.2) is 24.8 Å². The third-order valence-electron chi connectivity index (χ3n) is 6.89. The lowest BCUT2D eigenvalue weighted by Gasteiger charge is -2.34. The normalized spacial score (nSPS) is 21.8. The van der Waals surface area contributed by atoms with Crippen LogP contribution in [0.1, 0.15) is 25.7 Å². The third-order valence-corrected chi connectivity index (χ3v) is 10.0. The van der Waals surface area contributed by atoms with Crippen LogP contribution in [0.15, 0.2) is 106 Å². The fourth-order valence-electron chi connectivity index (χ4n) is 5.28. The molecule has 2 saturated carbocycles. The Hall–Kier alpha value is -2.36. The number of alkyl halides is 4. The van der Waals surface area contributed by atoms with Crippen molar-refractivity contribution >= 4 is 21.0 Å². The van der Waals surface area contributed by atoms with Crippen LogP contribution in [0.4, 0.5) is 17.6 Å². The number of benzene rings is 3. The SMILES string of the molecule is O=S(=O)([O-])C(F)(F)C(F)(F)C1C2CCC1CC2.c1ccc([S+](c2ccccc2)c2ccccc2)cc1. The second-order valence-corrected chi connectivity index (χ2v) is 12.5. The molecule has 192 valence electrons. The molecule has 0 amide bonds. The van der Waals surface area contributed by atoms with E-state index in [1.165, 1.54) is 14.7 Å². The van der Waals surface area contributed by atoms with E-state index in [4.69, 9.17) is 0 Å². The molecule has 3 aromatic carbocycles. The van der Waals surface area contributed by atoms with Crippen molar-refractivity contribution in [2.45, 2.75) is 51.5 Å². The molecule has 2 bridgehead atoms. The van der Waals surface area contributed by atoms with Crippen LogP contribution in [0, 0.1) is 17.8 Å². The standard InChI is InChI=1S/C18H15S.C9H12F4O3S/c1-4-10-16(11-5-1)19(17-12-6-2-7-13-17)18-14-8-3-9-15-18;10-8(11,9(12,13)17(14,15)16)7-5-1-2-6(7)4-3-5/h1-15H;5-7H,1-4H2,(H,14,15,16)/q+1;/p-1. The second kappa shape index (κ2) is 10.6. The maximum atomic E-state index is 13.6. The maximum Gasteiger partial charge on any atom is 0.396 e. The molecular formula is C27H26F4O3S2. The fraction of sp³-hybridized carbons (Fsp3) is 0.333. The van der Waals surface area contributed by atoms with Gasteiger partial charge in [0.2, 0.25) is 0 Å². The van der Waals surface area contributed by atoms with Gasteiger partial charge in [-0.05, 0) is 73.9 Å². The van der Waals surface area contributed by atoms with Gasteiger partial charge in [-0.2, -0.15) is 17.6 Å². The molecule has 5 rings (SSSR count). The van der Waals surface area contributed by atoms with Crippen molar-refractivity contribution < 1.29 is 30.5 Å². The van der Waals surface area contributed by atoms with Crippen LogP contribution >= 0.6 is 0 Å². The van der Waals surface area contributed by atoms with Gasteiger partial charge in [0.05, 0.1) is 10.9 Å². The highest BCUT2D eigenvalue weighted by molar-refractivity contribution is 7.97. The molecule has 0 aromatic heterocycles. The van der Waals surface area contributed by atoms with Crippen LogP contribution in [0.3, 0.4) is 0 Å². The average Bonchev–Trinajstić information content (AvgIpc) is 3.48. The van der Waals surface area contributed by atoms with Crippen LogP contribution in [-0.2, 0) is 21.0 Å². The minimum Gasteiger partial charge on any atom is -0.743 e. The molecule has 2 aliphatic rings. The molecule has 0 unspecified atom stereocenters. The molecule has 0 spiro atoms.